The molecular weight excluding hydrogens is 208 g/mol. The summed E-state index contributed by atoms with van der Waals surface area (Å²) in [6, 6.07) is 9.43. The Bertz CT molecular complexity index is 329. The molecule has 1 aliphatic heterocycles. The van der Waals surface area contributed by atoms with Crippen molar-refractivity contribution in [1.82, 2.24) is 5.32 Å². The van der Waals surface area contributed by atoms with Crippen LogP contribution in [0, 0.1) is 0 Å². The molecule has 1 saturated heterocycles. The van der Waals surface area contributed by atoms with Crippen LogP contribution < -0.4 is 10.6 Å². The van der Waals surface area contributed by atoms with Gasteiger partial charge in [0.2, 0.25) is 0 Å². The zero-order valence-corrected chi connectivity index (χ0v) is 10.8. The van der Waals surface area contributed by atoms with Crippen molar-refractivity contribution in [3.8, 4) is 0 Å². The molecule has 1 aliphatic rings. The maximum absolute atomic E-state index is 3.62. The Morgan fingerprint density at radius 3 is 2.94 bits per heavy atom. The highest BCUT2D eigenvalue weighted by Gasteiger charge is 2.12. The van der Waals surface area contributed by atoms with E-state index in [-0.39, 0.29) is 0 Å². The fourth-order valence-corrected chi connectivity index (χ4v) is 2.60. The monoisotopic (exact) mass is 232 g/mol. The highest BCUT2D eigenvalue weighted by atomic mass is 14.9. The summed E-state index contributed by atoms with van der Waals surface area (Å²) in [4.78, 5) is 0. The molecule has 0 spiro atoms. The quantitative estimate of drug-likeness (QED) is 0.814. The van der Waals surface area contributed by atoms with Gasteiger partial charge in [-0.3, -0.25) is 0 Å². The molecular formula is C15H24N2. The number of rotatable bonds is 5. The van der Waals surface area contributed by atoms with Crippen molar-refractivity contribution in [3.63, 3.8) is 0 Å². The molecule has 0 bridgehead atoms. The Labute approximate surface area is 105 Å². The molecule has 0 aromatic heterocycles. The van der Waals surface area contributed by atoms with Gasteiger partial charge in [0.25, 0.3) is 0 Å². The topological polar surface area (TPSA) is 24.1 Å². The van der Waals surface area contributed by atoms with E-state index < -0.39 is 0 Å². The molecule has 2 N–H and O–H groups in total. The lowest BCUT2D eigenvalue weighted by Gasteiger charge is -2.23. The summed E-state index contributed by atoms with van der Waals surface area (Å²) in [6.07, 6.45) is 6.55. The van der Waals surface area contributed by atoms with Crippen LogP contribution in [-0.2, 0) is 6.42 Å². The van der Waals surface area contributed by atoms with Gasteiger partial charge >= 0.3 is 0 Å². The number of piperidine rings is 1. The second-order valence-electron chi connectivity index (χ2n) is 4.87. The number of para-hydroxylation sites is 1. The maximum atomic E-state index is 3.62. The second kappa shape index (κ2) is 6.65. The minimum Gasteiger partial charge on any atom is -0.385 e. The molecule has 17 heavy (non-hydrogen) atoms. The van der Waals surface area contributed by atoms with Crippen LogP contribution in [0.5, 0.6) is 0 Å². The van der Waals surface area contributed by atoms with Gasteiger partial charge in [-0.2, -0.15) is 0 Å². The second-order valence-corrected chi connectivity index (χ2v) is 4.87. The molecule has 0 aliphatic carbocycles. The highest BCUT2D eigenvalue weighted by molar-refractivity contribution is 5.51. The Balaban J connectivity index is 1.88. The van der Waals surface area contributed by atoms with Crippen LogP contribution in [0.4, 0.5) is 5.69 Å². The molecule has 0 amide bonds. The third-order valence-corrected chi connectivity index (χ3v) is 3.56. The molecule has 94 valence electrons. The van der Waals surface area contributed by atoms with Gasteiger partial charge in [0.15, 0.2) is 0 Å². The molecule has 1 aromatic rings. The molecule has 0 saturated carbocycles. The lowest BCUT2D eigenvalue weighted by atomic mass is 9.97. The molecule has 1 unspecified atom stereocenters. The smallest absolute Gasteiger partial charge is 0.0372 e. The standard InChI is InChI=1S/C15H24N2/c1-2-16-15-9-4-3-7-13(15)10-11-14-8-5-6-12-17-14/h3-4,7,9,14,16-17H,2,5-6,8,10-12H2,1H3. The fraction of sp³-hybridized carbons (Fsp3) is 0.600. The number of hydrogen-bond donors (Lipinski definition) is 2. The average molecular weight is 232 g/mol. The summed E-state index contributed by atoms with van der Waals surface area (Å²) < 4.78 is 0. The molecule has 2 heteroatoms. The Morgan fingerprint density at radius 2 is 2.18 bits per heavy atom. The number of benzene rings is 1. The van der Waals surface area contributed by atoms with Crippen molar-refractivity contribution in [3.05, 3.63) is 29.8 Å². The maximum Gasteiger partial charge on any atom is 0.0372 e. The van der Waals surface area contributed by atoms with Crippen LogP contribution in [0.1, 0.15) is 38.2 Å². The molecule has 1 atom stereocenters. The number of nitrogens with one attached hydrogen (secondary N) is 2. The van der Waals surface area contributed by atoms with Gasteiger partial charge < -0.3 is 10.6 Å². The van der Waals surface area contributed by atoms with E-state index in [0.717, 1.165) is 12.6 Å². The minimum absolute atomic E-state index is 0.735. The summed E-state index contributed by atoms with van der Waals surface area (Å²) >= 11 is 0. The van der Waals surface area contributed by atoms with Crippen molar-refractivity contribution in [2.75, 3.05) is 18.4 Å². The van der Waals surface area contributed by atoms with Crippen molar-refractivity contribution in [2.24, 2.45) is 0 Å². The predicted molar refractivity (Wildman–Crippen MR) is 74.6 cm³/mol. The average Bonchev–Trinajstić information content (AvgIpc) is 2.39. The van der Waals surface area contributed by atoms with E-state index >= 15 is 0 Å². The lowest BCUT2D eigenvalue weighted by Crippen LogP contribution is -2.34. The minimum atomic E-state index is 0.735. The first-order chi connectivity index (χ1) is 8.40. The fourth-order valence-electron chi connectivity index (χ4n) is 2.60. The summed E-state index contributed by atoms with van der Waals surface area (Å²) in [5.74, 6) is 0. The zero-order valence-electron chi connectivity index (χ0n) is 10.8. The molecule has 2 rings (SSSR count). The van der Waals surface area contributed by atoms with Crippen molar-refractivity contribution in [2.45, 2.75) is 45.1 Å². The first-order valence-electron chi connectivity index (χ1n) is 6.95. The van der Waals surface area contributed by atoms with Gasteiger partial charge in [0.05, 0.1) is 0 Å². The van der Waals surface area contributed by atoms with E-state index in [4.69, 9.17) is 0 Å². The lowest BCUT2D eigenvalue weighted by molar-refractivity contribution is 0.383. The van der Waals surface area contributed by atoms with E-state index in [1.54, 1.807) is 0 Å². The normalized spacial score (nSPS) is 20.2. The molecule has 2 nitrogen and oxygen atoms in total. The summed E-state index contributed by atoms with van der Waals surface area (Å²) in [7, 11) is 0. The SMILES string of the molecule is CCNc1ccccc1CCC1CCCCN1. The van der Waals surface area contributed by atoms with Crippen molar-refractivity contribution < 1.29 is 0 Å². The van der Waals surface area contributed by atoms with Crippen LogP contribution in [0.2, 0.25) is 0 Å². The van der Waals surface area contributed by atoms with Gasteiger partial charge in [-0.1, -0.05) is 24.6 Å². The van der Waals surface area contributed by atoms with Gasteiger partial charge in [-0.15, -0.1) is 0 Å². The Hall–Kier alpha value is -1.02. The third-order valence-electron chi connectivity index (χ3n) is 3.56. The molecule has 1 aromatic carbocycles. The highest BCUT2D eigenvalue weighted by Crippen LogP contribution is 2.19. The van der Waals surface area contributed by atoms with Gasteiger partial charge in [0, 0.05) is 18.3 Å². The molecule has 1 heterocycles. The largest absolute Gasteiger partial charge is 0.385 e. The molecule has 1 fully saturated rings. The first-order valence-corrected chi connectivity index (χ1v) is 6.95. The van der Waals surface area contributed by atoms with Gasteiger partial charge in [-0.05, 0) is 50.8 Å². The Kier molecular flexibility index (Phi) is 4.87. The van der Waals surface area contributed by atoms with Crippen LogP contribution >= 0.6 is 0 Å². The third kappa shape index (κ3) is 3.74. The zero-order chi connectivity index (χ0) is 11.9. The number of aryl methyl sites for hydroxylation is 1. The van der Waals surface area contributed by atoms with Crippen molar-refractivity contribution >= 4 is 5.69 Å². The van der Waals surface area contributed by atoms with E-state index in [0.29, 0.717) is 0 Å². The van der Waals surface area contributed by atoms with Crippen LogP contribution in [0.15, 0.2) is 24.3 Å². The van der Waals surface area contributed by atoms with E-state index in [2.05, 4.69) is 41.8 Å². The van der Waals surface area contributed by atoms with Gasteiger partial charge in [0.1, 0.15) is 0 Å². The van der Waals surface area contributed by atoms with Crippen LogP contribution in [0.3, 0.4) is 0 Å². The first kappa shape index (κ1) is 12.4. The van der Waals surface area contributed by atoms with E-state index in [9.17, 15) is 0 Å². The van der Waals surface area contributed by atoms with Crippen LogP contribution in [-0.4, -0.2) is 19.1 Å². The predicted octanol–water partition coefficient (Wildman–Crippen LogP) is 3.19. The summed E-state index contributed by atoms with van der Waals surface area (Å²) in [5, 5.41) is 7.06. The summed E-state index contributed by atoms with van der Waals surface area (Å²) in [5.41, 5.74) is 2.77. The van der Waals surface area contributed by atoms with Gasteiger partial charge in [-0.25, -0.2) is 0 Å². The van der Waals surface area contributed by atoms with Crippen molar-refractivity contribution in [1.29, 1.82) is 0 Å². The molecule has 0 radical (unpaired) electrons. The van der Waals surface area contributed by atoms with E-state index in [1.807, 2.05) is 0 Å². The van der Waals surface area contributed by atoms with E-state index in [1.165, 1.54) is 49.9 Å². The Morgan fingerprint density at radius 1 is 1.29 bits per heavy atom. The number of anilines is 1. The van der Waals surface area contributed by atoms with Crippen LogP contribution in [0.25, 0.3) is 0 Å². The number of hydrogen-bond acceptors (Lipinski definition) is 2. The summed E-state index contributed by atoms with van der Waals surface area (Å²) in [6.45, 7) is 4.36.